The highest BCUT2D eigenvalue weighted by Gasteiger charge is 2.29. The van der Waals surface area contributed by atoms with Gasteiger partial charge in [0.05, 0.1) is 0 Å². The first kappa shape index (κ1) is 7.14. The monoisotopic (exact) mass is 144 g/mol. The molecule has 0 aromatic carbocycles. The van der Waals surface area contributed by atoms with Crippen molar-refractivity contribution in [3.8, 4) is 0 Å². The molecular weight excluding hydrogens is 136 g/mol. The predicted molar refractivity (Wildman–Crippen MR) is 33.6 cm³/mol. The second-order valence-electron chi connectivity index (χ2n) is 2.29. The minimum atomic E-state index is -0.911. The van der Waals surface area contributed by atoms with Crippen molar-refractivity contribution in [3.63, 3.8) is 0 Å². The number of hydrogen-bond acceptors (Lipinski definition) is 4. The van der Waals surface area contributed by atoms with Crippen molar-refractivity contribution in [1.82, 2.24) is 5.32 Å². The number of carboxylic acid groups (broad SMARTS) is 1. The second kappa shape index (κ2) is 2.74. The molecule has 5 nitrogen and oxygen atoms in total. The fourth-order valence-electron chi connectivity index (χ4n) is 0.985. The molecule has 1 rings (SSSR count). The second-order valence-corrected chi connectivity index (χ2v) is 2.29. The molecular formula is C5H8N2O3. The van der Waals surface area contributed by atoms with E-state index < -0.39 is 12.0 Å². The first-order chi connectivity index (χ1) is 4.74. The van der Waals surface area contributed by atoms with Gasteiger partial charge < -0.3 is 10.4 Å². The van der Waals surface area contributed by atoms with Gasteiger partial charge in [-0.2, -0.15) is 4.91 Å². The van der Waals surface area contributed by atoms with E-state index in [9.17, 15) is 9.70 Å². The Bertz CT molecular complexity index is 159. The first-order valence-electron chi connectivity index (χ1n) is 3.02. The standard InChI is InChI=1S/C5H8N2O3/c8-5(9)4-1-3(7-10)2-6-4/h3-4,6H,1-2H2,(H,8,9)/t3-,4+/m1/s1. The number of hydrogen-bond donors (Lipinski definition) is 2. The van der Waals surface area contributed by atoms with Crippen molar-refractivity contribution in [2.45, 2.75) is 18.5 Å². The summed E-state index contributed by atoms with van der Waals surface area (Å²) in [7, 11) is 0. The summed E-state index contributed by atoms with van der Waals surface area (Å²) in [6, 6.07) is -0.941. The molecule has 0 aromatic heterocycles. The maximum Gasteiger partial charge on any atom is 0.320 e. The van der Waals surface area contributed by atoms with Gasteiger partial charge in [-0.05, 0) is 0 Å². The Morgan fingerprint density at radius 3 is 2.70 bits per heavy atom. The fraction of sp³-hybridized carbons (Fsp3) is 0.800. The molecule has 0 amide bonds. The normalized spacial score (nSPS) is 32.0. The van der Waals surface area contributed by atoms with Gasteiger partial charge in [-0.1, -0.05) is 5.18 Å². The van der Waals surface area contributed by atoms with E-state index in [0.717, 1.165) is 0 Å². The van der Waals surface area contributed by atoms with Crippen LogP contribution in [0.1, 0.15) is 6.42 Å². The van der Waals surface area contributed by atoms with Crippen LogP contribution in [0.2, 0.25) is 0 Å². The van der Waals surface area contributed by atoms with Crippen LogP contribution in [0.5, 0.6) is 0 Å². The van der Waals surface area contributed by atoms with Crippen LogP contribution in [0.25, 0.3) is 0 Å². The molecule has 2 N–H and O–H groups in total. The average molecular weight is 144 g/mol. The highest BCUT2D eigenvalue weighted by molar-refractivity contribution is 5.73. The van der Waals surface area contributed by atoms with E-state index in [1.165, 1.54) is 0 Å². The summed E-state index contributed by atoms with van der Waals surface area (Å²) >= 11 is 0. The lowest BCUT2D eigenvalue weighted by atomic mass is 10.2. The maximum atomic E-state index is 10.3. The van der Waals surface area contributed by atoms with Crippen molar-refractivity contribution >= 4 is 5.97 Å². The molecule has 0 aliphatic carbocycles. The summed E-state index contributed by atoms with van der Waals surface area (Å²) in [6.07, 6.45) is 0.318. The minimum Gasteiger partial charge on any atom is -0.480 e. The Kier molecular flexibility index (Phi) is 1.96. The van der Waals surface area contributed by atoms with Gasteiger partial charge in [-0.3, -0.25) is 4.79 Å². The van der Waals surface area contributed by atoms with Crippen molar-refractivity contribution in [2.75, 3.05) is 6.54 Å². The zero-order valence-electron chi connectivity index (χ0n) is 5.28. The summed E-state index contributed by atoms with van der Waals surface area (Å²) < 4.78 is 0. The van der Waals surface area contributed by atoms with Crippen LogP contribution < -0.4 is 5.32 Å². The quantitative estimate of drug-likeness (QED) is 0.515. The molecule has 0 saturated carbocycles. The number of rotatable bonds is 2. The van der Waals surface area contributed by atoms with Crippen LogP contribution in [-0.2, 0) is 4.79 Å². The molecule has 1 fully saturated rings. The number of aliphatic carboxylic acids is 1. The van der Waals surface area contributed by atoms with Crippen molar-refractivity contribution in [3.05, 3.63) is 4.91 Å². The summed E-state index contributed by atoms with van der Waals surface area (Å²) in [5, 5.41) is 13.8. The molecule has 1 heterocycles. The molecule has 0 radical (unpaired) electrons. The van der Waals surface area contributed by atoms with Crippen molar-refractivity contribution in [2.24, 2.45) is 5.18 Å². The molecule has 0 spiro atoms. The average Bonchev–Trinajstić information content (AvgIpc) is 2.34. The van der Waals surface area contributed by atoms with Gasteiger partial charge in [0.15, 0.2) is 0 Å². The molecule has 5 heteroatoms. The SMILES string of the molecule is O=N[C@H]1CN[C@H](C(=O)O)C1. The lowest BCUT2D eigenvalue weighted by Crippen LogP contribution is -2.29. The Morgan fingerprint density at radius 2 is 2.40 bits per heavy atom. The van der Waals surface area contributed by atoms with Gasteiger partial charge in [-0.15, -0.1) is 0 Å². The van der Waals surface area contributed by atoms with E-state index in [2.05, 4.69) is 10.5 Å². The fourth-order valence-corrected chi connectivity index (χ4v) is 0.985. The molecule has 2 atom stereocenters. The summed E-state index contributed by atoms with van der Waals surface area (Å²) in [6.45, 7) is 0.389. The molecule has 1 saturated heterocycles. The van der Waals surface area contributed by atoms with Gasteiger partial charge in [0, 0.05) is 13.0 Å². The van der Waals surface area contributed by atoms with Crippen LogP contribution in [0.3, 0.4) is 0 Å². The molecule has 0 aromatic rings. The number of nitroso groups, excluding NO2 is 1. The van der Waals surface area contributed by atoms with E-state index in [1.807, 2.05) is 0 Å². The van der Waals surface area contributed by atoms with Crippen LogP contribution in [0.4, 0.5) is 0 Å². The number of nitrogens with one attached hydrogen (secondary N) is 1. The minimum absolute atomic E-state index is 0.318. The third-order valence-corrected chi connectivity index (χ3v) is 1.55. The largest absolute Gasteiger partial charge is 0.480 e. The zero-order valence-corrected chi connectivity index (χ0v) is 5.28. The number of carboxylic acids is 1. The molecule has 1 aliphatic rings. The van der Waals surface area contributed by atoms with Crippen LogP contribution >= 0.6 is 0 Å². The molecule has 0 unspecified atom stereocenters. The van der Waals surface area contributed by atoms with E-state index in [1.54, 1.807) is 0 Å². The van der Waals surface area contributed by atoms with E-state index in [-0.39, 0.29) is 6.04 Å². The van der Waals surface area contributed by atoms with Gasteiger partial charge in [0.25, 0.3) is 0 Å². The Labute approximate surface area is 57.4 Å². The number of carbonyl (C=O) groups is 1. The summed E-state index contributed by atoms with van der Waals surface area (Å²) in [4.78, 5) is 20.1. The first-order valence-corrected chi connectivity index (χ1v) is 3.02. The predicted octanol–water partition coefficient (Wildman–Crippen LogP) is -0.432. The number of nitrogens with zero attached hydrogens (tertiary/aromatic N) is 1. The summed E-state index contributed by atoms with van der Waals surface area (Å²) in [5.41, 5.74) is 0. The Morgan fingerprint density at radius 1 is 1.70 bits per heavy atom. The van der Waals surface area contributed by atoms with Crippen LogP contribution in [0.15, 0.2) is 5.18 Å². The highest BCUT2D eigenvalue weighted by Crippen LogP contribution is 2.09. The zero-order chi connectivity index (χ0) is 7.56. The topological polar surface area (TPSA) is 78.8 Å². The van der Waals surface area contributed by atoms with E-state index >= 15 is 0 Å². The van der Waals surface area contributed by atoms with Gasteiger partial charge in [-0.25, -0.2) is 0 Å². The third-order valence-electron chi connectivity index (χ3n) is 1.55. The van der Waals surface area contributed by atoms with Gasteiger partial charge >= 0.3 is 5.97 Å². The van der Waals surface area contributed by atoms with Crippen LogP contribution in [0, 0.1) is 4.91 Å². The Hall–Kier alpha value is -0.970. The smallest absolute Gasteiger partial charge is 0.320 e. The van der Waals surface area contributed by atoms with Gasteiger partial charge in [0.2, 0.25) is 0 Å². The van der Waals surface area contributed by atoms with Crippen LogP contribution in [-0.4, -0.2) is 29.7 Å². The molecule has 0 bridgehead atoms. The highest BCUT2D eigenvalue weighted by atomic mass is 16.4. The molecule has 1 aliphatic heterocycles. The molecule has 56 valence electrons. The lowest BCUT2D eigenvalue weighted by Gasteiger charge is -1.99. The van der Waals surface area contributed by atoms with Crippen molar-refractivity contribution in [1.29, 1.82) is 0 Å². The lowest BCUT2D eigenvalue weighted by molar-refractivity contribution is -0.139. The van der Waals surface area contributed by atoms with Gasteiger partial charge in [0.1, 0.15) is 12.1 Å². The third kappa shape index (κ3) is 1.30. The maximum absolute atomic E-state index is 10.3. The van der Waals surface area contributed by atoms with Crippen molar-refractivity contribution < 1.29 is 9.90 Å². The molecule has 10 heavy (non-hydrogen) atoms. The van der Waals surface area contributed by atoms with E-state index in [4.69, 9.17) is 5.11 Å². The summed E-state index contributed by atoms with van der Waals surface area (Å²) in [5.74, 6) is -0.911. The Balaban J connectivity index is 2.42. The van der Waals surface area contributed by atoms with E-state index in [0.29, 0.717) is 13.0 Å².